The van der Waals surface area contributed by atoms with E-state index in [9.17, 15) is 4.79 Å². The number of hydrogen-bond acceptors (Lipinski definition) is 2. The molecule has 3 rings (SSSR count). The summed E-state index contributed by atoms with van der Waals surface area (Å²) in [7, 11) is 0. The van der Waals surface area contributed by atoms with Crippen LogP contribution in [0.2, 0.25) is 0 Å². The van der Waals surface area contributed by atoms with Crippen molar-refractivity contribution < 1.29 is 4.79 Å². The van der Waals surface area contributed by atoms with E-state index in [0.717, 1.165) is 25.2 Å². The molecule has 0 radical (unpaired) electrons. The van der Waals surface area contributed by atoms with Gasteiger partial charge in [-0.1, -0.05) is 18.2 Å². The summed E-state index contributed by atoms with van der Waals surface area (Å²) in [6, 6.07) is 6.45. The van der Waals surface area contributed by atoms with Gasteiger partial charge >= 0.3 is 0 Å². The number of benzene rings is 1. The normalized spacial score (nSPS) is 20.8. The lowest BCUT2D eigenvalue weighted by Crippen LogP contribution is -2.28. The number of rotatable bonds is 1. The largest absolute Gasteiger partial charge is 0.326 e. The van der Waals surface area contributed by atoms with Crippen molar-refractivity contribution in [2.75, 3.05) is 18.4 Å². The minimum absolute atomic E-state index is 0.166. The van der Waals surface area contributed by atoms with Crippen molar-refractivity contribution in [2.24, 2.45) is 0 Å². The smallest absolute Gasteiger partial charge is 0.224 e. The number of anilines is 1. The predicted molar refractivity (Wildman–Crippen MR) is 68.2 cm³/mol. The molecule has 0 atom stereocenters. The molecule has 17 heavy (non-hydrogen) atoms. The van der Waals surface area contributed by atoms with Crippen LogP contribution in [0.4, 0.5) is 5.69 Å². The second-order valence-electron chi connectivity index (χ2n) is 4.95. The van der Waals surface area contributed by atoms with E-state index in [1.165, 1.54) is 24.0 Å². The highest BCUT2D eigenvalue weighted by Gasteiger charge is 2.23. The fraction of sp³-hybridized carbons (Fsp3) is 0.500. The number of carbonyl (C=O) groups excluding carboxylic acids is 1. The number of amides is 1. The van der Waals surface area contributed by atoms with Gasteiger partial charge in [-0.15, -0.1) is 0 Å². The van der Waals surface area contributed by atoms with E-state index in [2.05, 4.69) is 28.8 Å². The lowest BCUT2D eigenvalue weighted by atomic mass is 9.86. The minimum atomic E-state index is 0.166. The Morgan fingerprint density at radius 1 is 1.12 bits per heavy atom. The molecule has 0 spiro atoms. The highest BCUT2D eigenvalue weighted by molar-refractivity contribution is 5.94. The first-order chi connectivity index (χ1) is 8.34. The SMILES string of the molecule is O=C1CCc2cccc(C3CCNCC3)c2N1. The van der Waals surface area contributed by atoms with Crippen molar-refractivity contribution in [3.05, 3.63) is 29.3 Å². The number of hydrogen-bond donors (Lipinski definition) is 2. The number of carbonyl (C=O) groups is 1. The number of aryl methyl sites for hydroxylation is 1. The molecule has 0 aromatic heterocycles. The van der Waals surface area contributed by atoms with E-state index in [4.69, 9.17) is 0 Å². The van der Waals surface area contributed by atoms with Crippen LogP contribution in [0, 0.1) is 0 Å². The summed E-state index contributed by atoms with van der Waals surface area (Å²) in [5.74, 6) is 0.767. The summed E-state index contributed by atoms with van der Waals surface area (Å²) in [6.45, 7) is 2.17. The zero-order valence-corrected chi connectivity index (χ0v) is 9.96. The molecule has 0 unspecified atom stereocenters. The molecule has 3 heteroatoms. The monoisotopic (exact) mass is 230 g/mol. The van der Waals surface area contributed by atoms with E-state index in [1.807, 2.05) is 0 Å². The highest BCUT2D eigenvalue weighted by Crippen LogP contribution is 2.35. The number of para-hydroxylation sites is 1. The molecule has 2 aliphatic heterocycles. The van der Waals surface area contributed by atoms with E-state index in [1.54, 1.807) is 0 Å². The topological polar surface area (TPSA) is 41.1 Å². The molecule has 0 saturated carbocycles. The third kappa shape index (κ3) is 2.07. The fourth-order valence-corrected chi connectivity index (χ4v) is 2.90. The van der Waals surface area contributed by atoms with Crippen LogP contribution in [0.3, 0.4) is 0 Å². The van der Waals surface area contributed by atoms with Crippen LogP contribution in [0.25, 0.3) is 0 Å². The van der Waals surface area contributed by atoms with Crippen molar-refractivity contribution >= 4 is 11.6 Å². The van der Waals surface area contributed by atoms with Gasteiger partial charge in [-0.3, -0.25) is 4.79 Å². The summed E-state index contributed by atoms with van der Waals surface area (Å²) in [6.07, 6.45) is 3.86. The lowest BCUT2D eigenvalue weighted by molar-refractivity contribution is -0.116. The van der Waals surface area contributed by atoms with Gasteiger partial charge in [-0.05, 0) is 49.4 Å². The third-order valence-corrected chi connectivity index (χ3v) is 3.85. The summed E-state index contributed by atoms with van der Waals surface area (Å²) < 4.78 is 0. The number of fused-ring (bicyclic) bond motifs is 1. The summed E-state index contributed by atoms with van der Waals surface area (Å²) in [4.78, 5) is 11.5. The molecule has 1 saturated heterocycles. The number of nitrogens with one attached hydrogen (secondary N) is 2. The Labute approximate surface area is 102 Å². The molecule has 0 bridgehead atoms. The zero-order chi connectivity index (χ0) is 11.7. The molecule has 2 aliphatic rings. The van der Waals surface area contributed by atoms with Crippen molar-refractivity contribution in [1.29, 1.82) is 0 Å². The Bertz CT molecular complexity index is 436. The Morgan fingerprint density at radius 2 is 1.94 bits per heavy atom. The van der Waals surface area contributed by atoms with E-state index >= 15 is 0 Å². The molecular weight excluding hydrogens is 212 g/mol. The van der Waals surface area contributed by atoms with Gasteiger partial charge in [0.25, 0.3) is 0 Å². The maximum absolute atomic E-state index is 11.5. The van der Waals surface area contributed by atoms with Crippen LogP contribution >= 0.6 is 0 Å². The van der Waals surface area contributed by atoms with Gasteiger partial charge in [0.15, 0.2) is 0 Å². The zero-order valence-electron chi connectivity index (χ0n) is 9.96. The summed E-state index contributed by atoms with van der Waals surface area (Å²) in [5, 5.41) is 6.45. The van der Waals surface area contributed by atoms with Crippen LogP contribution < -0.4 is 10.6 Å². The maximum Gasteiger partial charge on any atom is 0.224 e. The fourth-order valence-electron chi connectivity index (χ4n) is 2.90. The predicted octanol–water partition coefficient (Wildman–Crippen LogP) is 2.04. The van der Waals surface area contributed by atoms with Crippen LogP contribution in [0.15, 0.2) is 18.2 Å². The molecule has 90 valence electrons. The summed E-state index contributed by atoms with van der Waals surface area (Å²) in [5.41, 5.74) is 3.76. The van der Waals surface area contributed by atoms with Crippen molar-refractivity contribution in [2.45, 2.75) is 31.6 Å². The first-order valence-electron chi connectivity index (χ1n) is 6.47. The van der Waals surface area contributed by atoms with E-state index < -0.39 is 0 Å². The molecule has 0 aliphatic carbocycles. The van der Waals surface area contributed by atoms with Crippen LogP contribution in [0.1, 0.15) is 36.3 Å². The van der Waals surface area contributed by atoms with Gasteiger partial charge in [-0.25, -0.2) is 0 Å². The van der Waals surface area contributed by atoms with Gasteiger partial charge in [0.2, 0.25) is 5.91 Å². The minimum Gasteiger partial charge on any atom is -0.326 e. The van der Waals surface area contributed by atoms with Gasteiger partial charge in [0.1, 0.15) is 0 Å². The van der Waals surface area contributed by atoms with Crippen LogP contribution in [-0.2, 0) is 11.2 Å². The van der Waals surface area contributed by atoms with E-state index in [0.29, 0.717) is 12.3 Å². The average molecular weight is 230 g/mol. The second-order valence-corrected chi connectivity index (χ2v) is 4.95. The molecule has 2 heterocycles. The summed E-state index contributed by atoms with van der Waals surface area (Å²) >= 11 is 0. The first kappa shape index (κ1) is 10.8. The molecular formula is C14H18N2O. The molecule has 2 N–H and O–H groups in total. The Kier molecular flexibility index (Phi) is 2.85. The Balaban J connectivity index is 1.95. The maximum atomic E-state index is 11.5. The molecule has 1 aromatic rings. The molecule has 1 amide bonds. The highest BCUT2D eigenvalue weighted by atomic mass is 16.1. The van der Waals surface area contributed by atoms with Gasteiger partial charge in [0.05, 0.1) is 0 Å². The van der Waals surface area contributed by atoms with Gasteiger partial charge < -0.3 is 10.6 Å². The molecule has 3 nitrogen and oxygen atoms in total. The lowest BCUT2D eigenvalue weighted by Gasteiger charge is -2.28. The average Bonchev–Trinajstić information content (AvgIpc) is 2.39. The van der Waals surface area contributed by atoms with Gasteiger partial charge in [-0.2, -0.15) is 0 Å². The number of piperidine rings is 1. The van der Waals surface area contributed by atoms with Crippen molar-refractivity contribution in [1.82, 2.24) is 5.32 Å². The van der Waals surface area contributed by atoms with Crippen LogP contribution in [0.5, 0.6) is 0 Å². The van der Waals surface area contributed by atoms with Crippen LogP contribution in [-0.4, -0.2) is 19.0 Å². The van der Waals surface area contributed by atoms with Gasteiger partial charge in [0, 0.05) is 12.1 Å². The van der Waals surface area contributed by atoms with Crippen molar-refractivity contribution in [3.63, 3.8) is 0 Å². The molecule has 1 aromatic carbocycles. The standard InChI is InChI=1S/C14H18N2O/c17-13-5-4-11-2-1-3-12(14(11)16-13)10-6-8-15-9-7-10/h1-3,10,15H,4-9H2,(H,16,17). The Morgan fingerprint density at radius 3 is 2.76 bits per heavy atom. The molecule has 1 fully saturated rings. The first-order valence-corrected chi connectivity index (χ1v) is 6.47. The quantitative estimate of drug-likeness (QED) is 0.775. The van der Waals surface area contributed by atoms with Crippen molar-refractivity contribution in [3.8, 4) is 0 Å². The second kappa shape index (κ2) is 4.49. The Hall–Kier alpha value is -1.35. The van der Waals surface area contributed by atoms with E-state index in [-0.39, 0.29) is 5.91 Å². The third-order valence-electron chi connectivity index (χ3n) is 3.85.